The molecule has 2 rings (SSSR count). The van der Waals surface area contributed by atoms with Gasteiger partial charge in [-0.1, -0.05) is 0 Å². The Bertz CT molecular complexity index is 278. The lowest BCUT2D eigenvalue weighted by Gasteiger charge is -2.12. The smallest absolute Gasteiger partial charge is 0.183 e. The van der Waals surface area contributed by atoms with Crippen molar-refractivity contribution in [1.82, 2.24) is 4.98 Å². The van der Waals surface area contributed by atoms with Crippen LogP contribution in [0.1, 0.15) is 18.5 Å². The Balaban J connectivity index is 2.04. The van der Waals surface area contributed by atoms with Crippen LogP contribution < -0.4 is 11.1 Å². The van der Waals surface area contributed by atoms with E-state index in [9.17, 15) is 0 Å². The number of rotatable bonds is 3. The minimum absolute atomic E-state index is 0.185. The Morgan fingerprint density at radius 1 is 1.75 bits per heavy atom. The molecule has 0 bridgehead atoms. The van der Waals surface area contributed by atoms with Crippen molar-refractivity contribution in [2.45, 2.75) is 25.3 Å². The number of thiazole rings is 1. The van der Waals surface area contributed by atoms with E-state index in [-0.39, 0.29) is 5.54 Å². The first kappa shape index (κ1) is 8.01. The van der Waals surface area contributed by atoms with Crippen molar-refractivity contribution in [3.05, 3.63) is 11.1 Å². The number of aryl methyl sites for hydroxylation is 1. The first-order valence-corrected chi connectivity index (χ1v) is 5.02. The Hall–Kier alpha value is -0.610. The van der Waals surface area contributed by atoms with Crippen molar-refractivity contribution < 1.29 is 0 Å². The van der Waals surface area contributed by atoms with Crippen molar-refractivity contribution in [1.29, 1.82) is 0 Å². The molecule has 12 heavy (non-hydrogen) atoms. The van der Waals surface area contributed by atoms with Gasteiger partial charge < -0.3 is 11.1 Å². The zero-order chi connectivity index (χ0) is 8.60. The van der Waals surface area contributed by atoms with Crippen LogP contribution in [0.4, 0.5) is 5.13 Å². The highest BCUT2D eigenvalue weighted by Crippen LogP contribution is 2.38. The molecule has 0 saturated heterocycles. The Kier molecular flexibility index (Phi) is 1.81. The summed E-state index contributed by atoms with van der Waals surface area (Å²) in [6.07, 6.45) is 2.37. The number of anilines is 1. The lowest BCUT2D eigenvalue weighted by molar-refractivity contribution is 0.740. The highest BCUT2D eigenvalue weighted by molar-refractivity contribution is 7.13. The minimum atomic E-state index is 0.185. The predicted octanol–water partition coefficient (Wildman–Crippen LogP) is 1.35. The summed E-state index contributed by atoms with van der Waals surface area (Å²) < 4.78 is 0. The quantitative estimate of drug-likeness (QED) is 0.744. The lowest BCUT2D eigenvalue weighted by atomic mass is 10.3. The Labute approximate surface area is 76.0 Å². The molecule has 1 aliphatic carbocycles. The van der Waals surface area contributed by atoms with Crippen molar-refractivity contribution >= 4 is 16.5 Å². The number of nitrogens with one attached hydrogen (secondary N) is 1. The molecule has 0 aliphatic heterocycles. The Morgan fingerprint density at radius 2 is 2.50 bits per heavy atom. The fourth-order valence-electron chi connectivity index (χ4n) is 1.17. The molecule has 0 aromatic carbocycles. The molecule has 0 spiro atoms. The van der Waals surface area contributed by atoms with E-state index in [0.29, 0.717) is 6.54 Å². The van der Waals surface area contributed by atoms with Gasteiger partial charge in [0, 0.05) is 11.9 Å². The molecule has 66 valence electrons. The molecule has 1 fully saturated rings. The maximum atomic E-state index is 5.64. The second kappa shape index (κ2) is 2.71. The van der Waals surface area contributed by atoms with Gasteiger partial charge in [0.05, 0.1) is 11.2 Å². The van der Waals surface area contributed by atoms with Crippen LogP contribution in [0.25, 0.3) is 0 Å². The summed E-state index contributed by atoms with van der Waals surface area (Å²) in [7, 11) is 0. The summed E-state index contributed by atoms with van der Waals surface area (Å²) in [6.45, 7) is 2.72. The molecule has 1 saturated carbocycles. The van der Waals surface area contributed by atoms with Crippen molar-refractivity contribution in [3.8, 4) is 0 Å². The summed E-state index contributed by atoms with van der Waals surface area (Å²) >= 11 is 1.65. The van der Waals surface area contributed by atoms with E-state index < -0.39 is 0 Å². The van der Waals surface area contributed by atoms with Gasteiger partial charge in [0.1, 0.15) is 0 Å². The molecule has 0 unspecified atom stereocenters. The van der Waals surface area contributed by atoms with Crippen LogP contribution in [0.3, 0.4) is 0 Å². The average molecular weight is 183 g/mol. The van der Waals surface area contributed by atoms with E-state index in [1.807, 2.05) is 6.92 Å². The summed E-state index contributed by atoms with van der Waals surface area (Å²) in [5.41, 5.74) is 6.90. The third-order valence-corrected chi connectivity index (χ3v) is 3.11. The number of hydrogen-bond acceptors (Lipinski definition) is 4. The fraction of sp³-hybridized carbons (Fsp3) is 0.625. The summed E-state index contributed by atoms with van der Waals surface area (Å²) in [6, 6.07) is 0. The molecule has 3 nitrogen and oxygen atoms in total. The third kappa shape index (κ3) is 1.44. The number of hydrogen-bond donors (Lipinski definition) is 2. The second-order valence-electron chi connectivity index (χ2n) is 3.40. The van der Waals surface area contributed by atoms with Crippen LogP contribution in [0.5, 0.6) is 0 Å². The molecule has 1 aliphatic rings. The maximum absolute atomic E-state index is 5.64. The number of aromatic nitrogens is 1. The molecule has 1 heterocycles. The molecule has 0 radical (unpaired) electrons. The van der Waals surface area contributed by atoms with Gasteiger partial charge >= 0.3 is 0 Å². The minimum Gasteiger partial charge on any atom is -0.355 e. The summed E-state index contributed by atoms with van der Waals surface area (Å²) in [5.74, 6) is 0. The maximum Gasteiger partial charge on any atom is 0.183 e. The third-order valence-electron chi connectivity index (χ3n) is 2.24. The number of nitrogens with two attached hydrogens (primary N) is 1. The van der Waals surface area contributed by atoms with E-state index in [1.54, 1.807) is 11.3 Å². The van der Waals surface area contributed by atoms with Crippen molar-refractivity contribution in [2.24, 2.45) is 5.73 Å². The van der Waals surface area contributed by atoms with Gasteiger partial charge in [-0.3, -0.25) is 0 Å². The van der Waals surface area contributed by atoms with E-state index in [2.05, 4.69) is 15.7 Å². The van der Waals surface area contributed by atoms with Gasteiger partial charge in [-0.2, -0.15) is 0 Å². The largest absolute Gasteiger partial charge is 0.355 e. The summed E-state index contributed by atoms with van der Waals surface area (Å²) in [5, 5.41) is 6.44. The van der Waals surface area contributed by atoms with Crippen LogP contribution in [-0.2, 0) is 0 Å². The van der Waals surface area contributed by atoms with Gasteiger partial charge in [-0.05, 0) is 19.8 Å². The van der Waals surface area contributed by atoms with Crippen LogP contribution in [-0.4, -0.2) is 17.1 Å². The Morgan fingerprint density at radius 3 is 2.92 bits per heavy atom. The standard InChI is InChI=1S/C8H13N3S/c1-6-4-12-7(10-6)11-8(5-9)2-3-8/h4H,2-3,5,9H2,1H3,(H,10,11). The lowest BCUT2D eigenvalue weighted by Crippen LogP contribution is -2.30. The van der Waals surface area contributed by atoms with Crippen LogP contribution in [0.2, 0.25) is 0 Å². The van der Waals surface area contributed by atoms with Gasteiger partial charge in [0.2, 0.25) is 0 Å². The van der Waals surface area contributed by atoms with Gasteiger partial charge in [0.15, 0.2) is 5.13 Å². The van der Waals surface area contributed by atoms with Crippen LogP contribution in [0.15, 0.2) is 5.38 Å². The van der Waals surface area contributed by atoms with E-state index in [1.165, 1.54) is 12.8 Å². The highest BCUT2D eigenvalue weighted by atomic mass is 32.1. The van der Waals surface area contributed by atoms with Gasteiger partial charge in [-0.25, -0.2) is 4.98 Å². The molecule has 3 N–H and O–H groups in total. The topological polar surface area (TPSA) is 50.9 Å². The summed E-state index contributed by atoms with van der Waals surface area (Å²) in [4.78, 5) is 4.34. The highest BCUT2D eigenvalue weighted by Gasteiger charge is 2.41. The zero-order valence-corrected chi connectivity index (χ0v) is 7.95. The van der Waals surface area contributed by atoms with E-state index in [0.717, 1.165) is 10.8 Å². The van der Waals surface area contributed by atoms with Crippen LogP contribution >= 0.6 is 11.3 Å². The predicted molar refractivity (Wildman–Crippen MR) is 51.5 cm³/mol. The van der Waals surface area contributed by atoms with Gasteiger partial charge in [-0.15, -0.1) is 11.3 Å². The molecular weight excluding hydrogens is 170 g/mol. The molecule has 1 aromatic heterocycles. The molecule has 1 aromatic rings. The second-order valence-corrected chi connectivity index (χ2v) is 4.26. The average Bonchev–Trinajstić information content (AvgIpc) is 2.71. The molecule has 0 atom stereocenters. The number of nitrogens with zero attached hydrogens (tertiary/aromatic N) is 1. The van der Waals surface area contributed by atoms with Crippen LogP contribution in [0, 0.1) is 6.92 Å². The van der Waals surface area contributed by atoms with E-state index >= 15 is 0 Å². The first-order valence-electron chi connectivity index (χ1n) is 4.14. The SMILES string of the molecule is Cc1csc(NC2(CN)CC2)n1. The zero-order valence-electron chi connectivity index (χ0n) is 7.13. The van der Waals surface area contributed by atoms with E-state index in [4.69, 9.17) is 5.73 Å². The van der Waals surface area contributed by atoms with Gasteiger partial charge in [0.25, 0.3) is 0 Å². The molecular formula is C8H13N3S. The normalized spacial score (nSPS) is 19.2. The fourth-order valence-corrected chi connectivity index (χ4v) is 1.98. The van der Waals surface area contributed by atoms with Crippen molar-refractivity contribution in [2.75, 3.05) is 11.9 Å². The monoisotopic (exact) mass is 183 g/mol. The molecule has 0 amide bonds. The first-order chi connectivity index (χ1) is 5.74. The molecule has 4 heteroatoms. The van der Waals surface area contributed by atoms with Crippen molar-refractivity contribution in [3.63, 3.8) is 0 Å².